The Hall–Kier alpha value is -2.61. The fraction of sp³-hybridized carbons (Fsp3) is 0.267. The molecule has 2 heterocycles. The van der Waals surface area contributed by atoms with Crippen molar-refractivity contribution in [2.75, 3.05) is 36.0 Å². The highest BCUT2D eigenvalue weighted by Gasteiger charge is 2.20. The van der Waals surface area contributed by atoms with Crippen LogP contribution >= 0.6 is 0 Å². The Balaban J connectivity index is 1.72. The number of hydrogen-bond acceptors (Lipinski definition) is 5. The maximum absolute atomic E-state index is 9.09. The topological polar surface area (TPSA) is 56.1 Å². The molecule has 20 heavy (non-hydrogen) atoms. The van der Waals surface area contributed by atoms with E-state index in [4.69, 9.17) is 5.26 Å². The average Bonchev–Trinajstić information content (AvgIpc) is 2.56. The molecule has 0 atom stereocenters. The van der Waals surface area contributed by atoms with E-state index in [-0.39, 0.29) is 0 Å². The van der Waals surface area contributed by atoms with Crippen molar-refractivity contribution in [3.8, 4) is 6.07 Å². The summed E-state index contributed by atoms with van der Waals surface area (Å²) in [6.07, 6.45) is 3.20. The Kier molecular flexibility index (Phi) is 3.46. The van der Waals surface area contributed by atoms with Gasteiger partial charge in [-0.2, -0.15) is 5.26 Å². The van der Waals surface area contributed by atoms with Crippen molar-refractivity contribution < 1.29 is 0 Å². The SMILES string of the molecule is N#Cc1nccnc1N1CCN(c2ccccc2)CC1. The van der Waals surface area contributed by atoms with Gasteiger partial charge in [-0.05, 0) is 12.1 Å². The normalized spacial score (nSPS) is 14.9. The van der Waals surface area contributed by atoms with Crippen molar-refractivity contribution in [1.29, 1.82) is 5.26 Å². The van der Waals surface area contributed by atoms with Crippen LogP contribution in [0.1, 0.15) is 5.69 Å². The van der Waals surface area contributed by atoms with Crippen molar-refractivity contribution in [3.63, 3.8) is 0 Å². The minimum Gasteiger partial charge on any atom is -0.368 e. The lowest BCUT2D eigenvalue weighted by molar-refractivity contribution is 0.645. The molecule has 0 N–H and O–H groups in total. The number of piperazine rings is 1. The second-order valence-electron chi connectivity index (χ2n) is 4.65. The number of nitriles is 1. The number of hydrogen-bond donors (Lipinski definition) is 0. The van der Waals surface area contributed by atoms with Gasteiger partial charge in [-0.25, -0.2) is 9.97 Å². The second kappa shape index (κ2) is 5.57. The molecule has 1 aromatic carbocycles. The minimum absolute atomic E-state index is 0.403. The predicted molar refractivity (Wildman–Crippen MR) is 77.6 cm³/mol. The van der Waals surface area contributed by atoms with E-state index in [1.807, 2.05) is 6.07 Å². The summed E-state index contributed by atoms with van der Waals surface area (Å²) < 4.78 is 0. The van der Waals surface area contributed by atoms with Crippen LogP contribution in [0, 0.1) is 11.3 Å². The highest BCUT2D eigenvalue weighted by molar-refractivity contribution is 5.53. The van der Waals surface area contributed by atoms with Crippen LogP contribution in [0.25, 0.3) is 0 Å². The number of aromatic nitrogens is 2. The zero-order valence-electron chi connectivity index (χ0n) is 11.1. The molecule has 0 amide bonds. The van der Waals surface area contributed by atoms with E-state index >= 15 is 0 Å². The van der Waals surface area contributed by atoms with Gasteiger partial charge in [0.1, 0.15) is 6.07 Å². The van der Waals surface area contributed by atoms with Crippen LogP contribution in [0.5, 0.6) is 0 Å². The minimum atomic E-state index is 0.403. The van der Waals surface area contributed by atoms with Gasteiger partial charge >= 0.3 is 0 Å². The molecule has 1 aliphatic heterocycles. The quantitative estimate of drug-likeness (QED) is 0.826. The van der Waals surface area contributed by atoms with E-state index in [1.54, 1.807) is 12.4 Å². The van der Waals surface area contributed by atoms with Gasteiger partial charge in [0.05, 0.1) is 0 Å². The van der Waals surface area contributed by atoms with Crippen LogP contribution in [0.2, 0.25) is 0 Å². The van der Waals surface area contributed by atoms with E-state index in [2.05, 4.69) is 50.1 Å². The van der Waals surface area contributed by atoms with Gasteiger partial charge in [-0.1, -0.05) is 18.2 Å². The lowest BCUT2D eigenvalue weighted by atomic mass is 10.2. The predicted octanol–water partition coefficient (Wildman–Crippen LogP) is 1.67. The standard InChI is InChI=1S/C15H15N5/c16-12-14-15(18-7-6-17-14)20-10-8-19(9-11-20)13-4-2-1-3-5-13/h1-7H,8-11H2. The maximum atomic E-state index is 9.09. The third kappa shape index (κ3) is 2.41. The summed E-state index contributed by atoms with van der Waals surface area (Å²) in [4.78, 5) is 12.8. The first-order chi connectivity index (χ1) is 9.88. The van der Waals surface area contributed by atoms with Crippen LogP contribution < -0.4 is 9.80 Å². The van der Waals surface area contributed by atoms with Crippen molar-refractivity contribution in [2.24, 2.45) is 0 Å². The highest BCUT2D eigenvalue weighted by atomic mass is 15.3. The molecule has 3 rings (SSSR count). The van der Waals surface area contributed by atoms with Crippen LogP contribution in [0.3, 0.4) is 0 Å². The Bertz CT molecular complexity index is 612. The van der Waals surface area contributed by atoms with Gasteiger partial charge in [0, 0.05) is 44.3 Å². The van der Waals surface area contributed by atoms with Gasteiger partial charge in [-0.15, -0.1) is 0 Å². The molecule has 0 radical (unpaired) electrons. The van der Waals surface area contributed by atoms with E-state index in [0.29, 0.717) is 11.5 Å². The number of anilines is 2. The summed E-state index contributed by atoms with van der Waals surface area (Å²) in [6.45, 7) is 3.54. The molecule has 100 valence electrons. The molecule has 1 aromatic heterocycles. The first-order valence-corrected chi connectivity index (χ1v) is 6.64. The third-order valence-electron chi connectivity index (χ3n) is 3.49. The molecular weight excluding hydrogens is 250 g/mol. The van der Waals surface area contributed by atoms with Crippen LogP contribution in [0.4, 0.5) is 11.5 Å². The number of nitrogens with zero attached hydrogens (tertiary/aromatic N) is 5. The number of rotatable bonds is 2. The summed E-state index contributed by atoms with van der Waals surface area (Å²) in [6, 6.07) is 12.5. The molecule has 1 saturated heterocycles. The maximum Gasteiger partial charge on any atom is 0.183 e. The molecule has 0 bridgehead atoms. The third-order valence-corrected chi connectivity index (χ3v) is 3.49. The summed E-state index contributed by atoms with van der Waals surface area (Å²) in [5, 5.41) is 9.09. The van der Waals surface area contributed by atoms with Gasteiger partial charge in [0.15, 0.2) is 11.5 Å². The number of para-hydroxylation sites is 1. The van der Waals surface area contributed by atoms with Crippen LogP contribution in [-0.2, 0) is 0 Å². The monoisotopic (exact) mass is 265 g/mol. The van der Waals surface area contributed by atoms with E-state index in [1.165, 1.54) is 5.69 Å². The molecule has 0 saturated carbocycles. The van der Waals surface area contributed by atoms with Crippen LogP contribution in [0.15, 0.2) is 42.7 Å². The van der Waals surface area contributed by atoms with E-state index in [0.717, 1.165) is 26.2 Å². The zero-order chi connectivity index (χ0) is 13.8. The van der Waals surface area contributed by atoms with Crippen LogP contribution in [-0.4, -0.2) is 36.1 Å². The molecule has 5 nitrogen and oxygen atoms in total. The van der Waals surface area contributed by atoms with Gasteiger partial charge in [0.2, 0.25) is 0 Å². The summed E-state index contributed by atoms with van der Waals surface area (Å²) in [5.41, 5.74) is 1.65. The summed E-state index contributed by atoms with van der Waals surface area (Å²) in [7, 11) is 0. The summed E-state index contributed by atoms with van der Waals surface area (Å²) in [5.74, 6) is 0.697. The van der Waals surface area contributed by atoms with Gasteiger partial charge in [0.25, 0.3) is 0 Å². The lowest BCUT2D eigenvalue weighted by Crippen LogP contribution is -2.47. The Labute approximate surface area is 118 Å². The van der Waals surface area contributed by atoms with E-state index in [9.17, 15) is 0 Å². The lowest BCUT2D eigenvalue weighted by Gasteiger charge is -2.36. The van der Waals surface area contributed by atoms with Crippen molar-refractivity contribution in [3.05, 3.63) is 48.4 Å². The Morgan fingerprint density at radius 2 is 1.55 bits per heavy atom. The first-order valence-electron chi connectivity index (χ1n) is 6.64. The molecule has 0 unspecified atom stereocenters. The van der Waals surface area contributed by atoms with Crippen molar-refractivity contribution in [1.82, 2.24) is 9.97 Å². The average molecular weight is 265 g/mol. The molecule has 0 aliphatic carbocycles. The molecule has 1 fully saturated rings. The van der Waals surface area contributed by atoms with Gasteiger partial charge < -0.3 is 9.80 Å². The molecule has 2 aromatic rings. The molecule has 5 heteroatoms. The largest absolute Gasteiger partial charge is 0.368 e. The Morgan fingerprint density at radius 1 is 0.900 bits per heavy atom. The van der Waals surface area contributed by atoms with E-state index < -0.39 is 0 Å². The highest BCUT2D eigenvalue weighted by Crippen LogP contribution is 2.20. The smallest absolute Gasteiger partial charge is 0.183 e. The molecule has 0 spiro atoms. The fourth-order valence-electron chi connectivity index (χ4n) is 2.46. The molecular formula is C15H15N5. The summed E-state index contributed by atoms with van der Waals surface area (Å²) >= 11 is 0. The molecule has 1 aliphatic rings. The second-order valence-corrected chi connectivity index (χ2v) is 4.65. The van der Waals surface area contributed by atoms with Crippen molar-refractivity contribution >= 4 is 11.5 Å². The van der Waals surface area contributed by atoms with Gasteiger partial charge in [-0.3, -0.25) is 0 Å². The first kappa shape index (κ1) is 12.4. The number of benzene rings is 1. The van der Waals surface area contributed by atoms with Crippen molar-refractivity contribution in [2.45, 2.75) is 0 Å². The fourth-order valence-corrected chi connectivity index (χ4v) is 2.46. The Morgan fingerprint density at radius 3 is 2.25 bits per heavy atom. The zero-order valence-corrected chi connectivity index (χ0v) is 11.1.